The highest BCUT2D eigenvalue weighted by Crippen LogP contribution is 1.93. The van der Waals surface area contributed by atoms with Crippen LogP contribution in [0, 0.1) is 0 Å². The van der Waals surface area contributed by atoms with Crippen molar-refractivity contribution in [2.75, 3.05) is 185 Å². The van der Waals surface area contributed by atoms with E-state index in [0.717, 1.165) is 0 Å². The maximum absolute atomic E-state index is 11.2. The van der Waals surface area contributed by atoms with Crippen LogP contribution in [-0.4, -0.2) is 197 Å². The van der Waals surface area contributed by atoms with Gasteiger partial charge >= 0.3 is 11.9 Å². The van der Waals surface area contributed by atoms with Gasteiger partial charge in [0.25, 0.3) is 0 Å². The van der Waals surface area contributed by atoms with Gasteiger partial charge in [-0.1, -0.05) is 13.2 Å². The molecule has 0 amide bonds. The first kappa shape index (κ1) is 50.9. The molecule has 17 nitrogen and oxygen atoms in total. The van der Waals surface area contributed by atoms with Crippen LogP contribution in [0.2, 0.25) is 0 Å². The van der Waals surface area contributed by atoms with Crippen LogP contribution in [0.4, 0.5) is 0 Å². The molecule has 0 N–H and O–H groups in total. The summed E-state index contributed by atoms with van der Waals surface area (Å²) in [7, 11) is 0. The van der Waals surface area contributed by atoms with Gasteiger partial charge in [0, 0.05) is 11.1 Å². The van der Waals surface area contributed by atoms with Crippen LogP contribution in [-0.2, 0) is 80.6 Å². The first-order chi connectivity index (χ1) is 25.9. The van der Waals surface area contributed by atoms with Crippen molar-refractivity contribution < 1.29 is 80.6 Å². The molecule has 0 spiro atoms. The molecule has 0 aromatic heterocycles. The molecule has 0 bridgehead atoms. The van der Waals surface area contributed by atoms with E-state index < -0.39 is 11.9 Å². The number of esters is 2. The van der Waals surface area contributed by atoms with Crippen LogP contribution in [0.15, 0.2) is 24.3 Å². The van der Waals surface area contributed by atoms with Crippen molar-refractivity contribution in [3.63, 3.8) is 0 Å². The Morgan fingerprint density at radius 3 is 0.491 bits per heavy atom. The van der Waals surface area contributed by atoms with E-state index in [1.165, 1.54) is 0 Å². The van der Waals surface area contributed by atoms with Crippen molar-refractivity contribution >= 4 is 11.9 Å². The topological polar surface area (TPSA) is 173 Å². The van der Waals surface area contributed by atoms with E-state index in [1.54, 1.807) is 13.8 Å². The molecule has 0 atom stereocenters. The zero-order valence-corrected chi connectivity index (χ0v) is 32.2. The lowest BCUT2D eigenvalue weighted by molar-refractivity contribution is -0.141. The molecule has 0 unspecified atom stereocenters. The smallest absolute Gasteiger partial charge is 0.333 e. The van der Waals surface area contributed by atoms with Gasteiger partial charge in [0.1, 0.15) is 13.2 Å². The maximum Gasteiger partial charge on any atom is 0.333 e. The van der Waals surface area contributed by atoms with Crippen molar-refractivity contribution in [3.8, 4) is 0 Å². The second kappa shape index (κ2) is 42.6. The minimum Gasteiger partial charge on any atom is -0.460 e. The van der Waals surface area contributed by atoms with Gasteiger partial charge in [0.15, 0.2) is 0 Å². The van der Waals surface area contributed by atoms with E-state index in [2.05, 4.69) is 13.2 Å². The molecular weight excluding hydrogens is 704 g/mol. The molecular formula is C36H66O17. The summed E-state index contributed by atoms with van der Waals surface area (Å²) in [6.45, 7) is 22.5. The monoisotopic (exact) mass is 770 g/mol. The minimum absolute atomic E-state index is 0.193. The van der Waals surface area contributed by atoms with Gasteiger partial charge in [-0.25, -0.2) is 9.59 Å². The highest BCUT2D eigenvalue weighted by atomic mass is 16.6. The molecule has 0 radical (unpaired) electrons. The molecule has 0 aliphatic carbocycles. The van der Waals surface area contributed by atoms with Crippen molar-refractivity contribution in [3.05, 3.63) is 24.3 Å². The van der Waals surface area contributed by atoms with Gasteiger partial charge in [-0.15, -0.1) is 0 Å². The van der Waals surface area contributed by atoms with Gasteiger partial charge in [-0.05, 0) is 13.8 Å². The Hall–Kier alpha value is -2.10. The third-order valence-corrected chi connectivity index (χ3v) is 6.08. The number of hydrogen-bond donors (Lipinski definition) is 0. The lowest BCUT2D eigenvalue weighted by atomic mass is 10.4. The van der Waals surface area contributed by atoms with Crippen LogP contribution < -0.4 is 0 Å². The minimum atomic E-state index is -0.418. The van der Waals surface area contributed by atoms with E-state index in [0.29, 0.717) is 183 Å². The standard InChI is InChI=1S/C36H66O17/c1-33(2)35(37)52-31-29-50-27-25-48-23-21-46-19-17-44-15-13-42-11-9-40-7-5-39-6-8-41-10-12-43-14-16-45-18-20-47-22-24-49-26-28-51-30-32-53-36(38)34(3)4/h1,3,5-32H2,2,4H3. The van der Waals surface area contributed by atoms with Gasteiger partial charge in [0.2, 0.25) is 0 Å². The molecule has 0 aliphatic heterocycles. The highest BCUT2D eigenvalue weighted by Gasteiger charge is 2.03. The number of carbonyl (C=O) groups excluding carboxylic acids is 2. The predicted molar refractivity (Wildman–Crippen MR) is 192 cm³/mol. The van der Waals surface area contributed by atoms with Crippen LogP contribution >= 0.6 is 0 Å². The fourth-order valence-corrected chi connectivity index (χ4v) is 3.37. The summed E-state index contributed by atoms with van der Waals surface area (Å²) in [5.74, 6) is -0.835. The quantitative estimate of drug-likeness (QED) is 0.0495. The van der Waals surface area contributed by atoms with E-state index in [4.69, 9.17) is 71.1 Å². The van der Waals surface area contributed by atoms with Crippen LogP contribution in [0.25, 0.3) is 0 Å². The van der Waals surface area contributed by atoms with Crippen molar-refractivity contribution in [2.45, 2.75) is 13.8 Å². The van der Waals surface area contributed by atoms with Gasteiger partial charge < -0.3 is 71.1 Å². The average molecular weight is 771 g/mol. The third-order valence-electron chi connectivity index (χ3n) is 6.08. The molecule has 53 heavy (non-hydrogen) atoms. The second-order valence-electron chi connectivity index (χ2n) is 10.8. The van der Waals surface area contributed by atoms with E-state index in [1.807, 2.05) is 0 Å². The summed E-state index contributed by atoms with van der Waals surface area (Å²) < 4.78 is 80.4. The lowest BCUT2D eigenvalue weighted by Crippen LogP contribution is -2.16. The summed E-state index contributed by atoms with van der Waals surface area (Å²) >= 11 is 0. The van der Waals surface area contributed by atoms with E-state index in [9.17, 15) is 9.59 Å². The summed E-state index contributed by atoms with van der Waals surface area (Å²) in [4.78, 5) is 22.4. The summed E-state index contributed by atoms with van der Waals surface area (Å²) in [6, 6.07) is 0. The normalized spacial score (nSPS) is 11.2. The third kappa shape index (κ3) is 42.5. The zero-order chi connectivity index (χ0) is 38.7. The Balaban J connectivity index is 3.09. The van der Waals surface area contributed by atoms with Gasteiger partial charge in [0.05, 0.1) is 172 Å². The Morgan fingerprint density at radius 2 is 0.377 bits per heavy atom. The summed E-state index contributed by atoms with van der Waals surface area (Å²) in [5.41, 5.74) is 0.730. The highest BCUT2D eigenvalue weighted by molar-refractivity contribution is 5.87. The molecule has 0 aliphatic rings. The molecule has 0 aromatic carbocycles. The second-order valence-corrected chi connectivity index (χ2v) is 10.8. The van der Waals surface area contributed by atoms with E-state index >= 15 is 0 Å². The molecule has 0 saturated carbocycles. The fourth-order valence-electron chi connectivity index (χ4n) is 3.37. The Kier molecular flexibility index (Phi) is 40.9. The maximum atomic E-state index is 11.2. The average Bonchev–Trinajstić information content (AvgIpc) is 3.14. The van der Waals surface area contributed by atoms with Crippen LogP contribution in [0.5, 0.6) is 0 Å². The molecule has 0 heterocycles. The lowest BCUT2D eigenvalue weighted by Gasteiger charge is -2.09. The summed E-state index contributed by atoms with van der Waals surface area (Å²) in [5, 5.41) is 0. The Bertz CT molecular complexity index is 779. The molecule has 0 rings (SSSR count). The number of hydrogen-bond acceptors (Lipinski definition) is 17. The van der Waals surface area contributed by atoms with E-state index in [-0.39, 0.29) is 13.2 Å². The molecule has 0 fully saturated rings. The fraction of sp³-hybridized carbons (Fsp3) is 0.833. The Labute approximate surface area is 315 Å². The SMILES string of the molecule is C=C(C)C(=O)OCCOCCOCCOCCOCCOCCOCCOCCOCCOCCOCCOCCOCCOCCOC(=O)C(=C)C. The number of ether oxygens (including phenoxy) is 15. The summed E-state index contributed by atoms with van der Waals surface area (Å²) in [6.07, 6.45) is 0. The first-order valence-electron chi connectivity index (χ1n) is 18.1. The van der Waals surface area contributed by atoms with Gasteiger partial charge in [-0.2, -0.15) is 0 Å². The Morgan fingerprint density at radius 1 is 0.264 bits per heavy atom. The molecule has 0 saturated heterocycles. The van der Waals surface area contributed by atoms with Crippen LogP contribution in [0.3, 0.4) is 0 Å². The first-order valence-corrected chi connectivity index (χ1v) is 18.1. The number of carbonyl (C=O) groups is 2. The van der Waals surface area contributed by atoms with Crippen molar-refractivity contribution in [1.82, 2.24) is 0 Å². The van der Waals surface area contributed by atoms with Gasteiger partial charge in [-0.3, -0.25) is 0 Å². The largest absolute Gasteiger partial charge is 0.460 e. The molecule has 312 valence electrons. The van der Waals surface area contributed by atoms with Crippen LogP contribution in [0.1, 0.15) is 13.8 Å². The predicted octanol–water partition coefficient (Wildman–Crippen LogP) is 1.44. The van der Waals surface area contributed by atoms with Crippen molar-refractivity contribution in [1.29, 1.82) is 0 Å². The number of rotatable bonds is 44. The molecule has 0 aromatic rings. The van der Waals surface area contributed by atoms with Crippen molar-refractivity contribution in [2.24, 2.45) is 0 Å². The molecule has 17 heteroatoms. The zero-order valence-electron chi connectivity index (χ0n) is 32.2.